The van der Waals surface area contributed by atoms with Crippen molar-refractivity contribution in [1.82, 2.24) is 4.90 Å². The van der Waals surface area contributed by atoms with Crippen LogP contribution in [0.5, 0.6) is 0 Å². The molecule has 9 heteroatoms. The highest BCUT2D eigenvalue weighted by molar-refractivity contribution is 5.71. The monoisotopic (exact) mass is 314 g/mol. The summed E-state index contributed by atoms with van der Waals surface area (Å²) in [5, 5.41) is 3.61. The minimum atomic E-state index is -0.616. The summed E-state index contributed by atoms with van der Waals surface area (Å²) in [4.78, 5) is 27.5. The van der Waals surface area contributed by atoms with Crippen LogP contribution in [0, 0.1) is 0 Å². The van der Waals surface area contributed by atoms with Crippen LogP contribution in [0.2, 0.25) is 0 Å². The molecule has 1 amide bonds. The Balaban J connectivity index is 2.62. The molecule has 124 valence electrons. The Kier molecular flexibility index (Phi) is 6.45. The standard InChI is InChI=1S/C13H22N4O5/c1-5-20-11(18)8-21-10-7-17(6-9(10)15-16-14)12(19)22-13(2,3)4/h9-10H,5-8H2,1-4H3/t9-,10-/m0/s1. The Bertz CT molecular complexity index is 456. The first kappa shape index (κ1) is 18.1. The van der Waals surface area contributed by atoms with E-state index in [1.54, 1.807) is 27.7 Å². The van der Waals surface area contributed by atoms with Gasteiger partial charge in [0.1, 0.15) is 12.2 Å². The van der Waals surface area contributed by atoms with Crippen LogP contribution in [0.1, 0.15) is 27.7 Å². The summed E-state index contributed by atoms with van der Waals surface area (Å²) < 4.78 is 15.4. The van der Waals surface area contributed by atoms with Gasteiger partial charge in [-0.25, -0.2) is 9.59 Å². The van der Waals surface area contributed by atoms with Crippen LogP contribution in [0.4, 0.5) is 4.79 Å². The number of hydrogen-bond acceptors (Lipinski definition) is 6. The summed E-state index contributed by atoms with van der Waals surface area (Å²) in [6, 6.07) is -0.563. The van der Waals surface area contributed by atoms with Gasteiger partial charge in [0, 0.05) is 11.5 Å². The van der Waals surface area contributed by atoms with Crippen LogP contribution >= 0.6 is 0 Å². The lowest BCUT2D eigenvalue weighted by Crippen LogP contribution is -2.36. The molecule has 1 aliphatic rings. The molecule has 0 aromatic rings. The molecule has 1 saturated heterocycles. The molecular formula is C13H22N4O5. The largest absolute Gasteiger partial charge is 0.464 e. The number of likely N-dealkylation sites (tertiary alicyclic amines) is 1. The van der Waals surface area contributed by atoms with E-state index in [-0.39, 0.29) is 26.3 Å². The molecule has 1 fully saturated rings. The highest BCUT2D eigenvalue weighted by atomic mass is 16.6. The van der Waals surface area contributed by atoms with E-state index >= 15 is 0 Å². The molecule has 0 saturated carbocycles. The van der Waals surface area contributed by atoms with Gasteiger partial charge in [-0.3, -0.25) is 0 Å². The summed E-state index contributed by atoms with van der Waals surface area (Å²) in [7, 11) is 0. The Morgan fingerprint density at radius 3 is 2.59 bits per heavy atom. The number of azide groups is 1. The normalized spacial score (nSPS) is 21.2. The van der Waals surface area contributed by atoms with Gasteiger partial charge in [-0.2, -0.15) is 0 Å². The molecule has 1 heterocycles. The highest BCUT2D eigenvalue weighted by Crippen LogP contribution is 2.20. The van der Waals surface area contributed by atoms with E-state index in [9.17, 15) is 9.59 Å². The van der Waals surface area contributed by atoms with Gasteiger partial charge in [0.05, 0.1) is 25.3 Å². The van der Waals surface area contributed by atoms with Crippen LogP contribution in [-0.2, 0) is 19.0 Å². The first-order chi connectivity index (χ1) is 10.3. The first-order valence-corrected chi connectivity index (χ1v) is 7.06. The molecule has 9 nitrogen and oxygen atoms in total. The molecule has 0 radical (unpaired) electrons. The van der Waals surface area contributed by atoms with E-state index in [4.69, 9.17) is 19.7 Å². The maximum atomic E-state index is 12.0. The molecule has 1 rings (SSSR count). The van der Waals surface area contributed by atoms with E-state index in [1.165, 1.54) is 4.90 Å². The minimum Gasteiger partial charge on any atom is -0.464 e. The lowest BCUT2D eigenvalue weighted by atomic mass is 10.2. The summed E-state index contributed by atoms with van der Waals surface area (Å²) in [5.41, 5.74) is 7.98. The van der Waals surface area contributed by atoms with Crippen LogP contribution in [0.15, 0.2) is 5.11 Å². The van der Waals surface area contributed by atoms with E-state index in [0.717, 1.165) is 0 Å². The Labute approximate surface area is 129 Å². The van der Waals surface area contributed by atoms with Crippen LogP contribution in [0.25, 0.3) is 10.4 Å². The van der Waals surface area contributed by atoms with Gasteiger partial charge in [0.15, 0.2) is 0 Å². The molecule has 0 aliphatic carbocycles. The Morgan fingerprint density at radius 2 is 2.05 bits per heavy atom. The highest BCUT2D eigenvalue weighted by Gasteiger charge is 2.37. The summed E-state index contributed by atoms with van der Waals surface area (Å²) >= 11 is 0. The summed E-state index contributed by atoms with van der Waals surface area (Å²) in [6.07, 6.45) is -1.07. The van der Waals surface area contributed by atoms with Crippen LogP contribution < -0.4 is 0 Å². The van der Waals surface area contributed by atoms with Crippen molar-refractivity contribution in [2.24, 2.45) is 5.11 Å². The molecular weight excluding hydrogens is 292 g/mol. The van der Waals surface area contributed by atoms with Crippen molar-refractivity contribution in [3.05, 3.63) is 10.4 Å². The van der Waals surface area contributed by atoms with Gasteiger partial charge in [0.25, 0.3) is 0 Å². The van der Waals surface area contributed by atoms with Gasteiger partial charge in [-0.15, -0.1) is 0 Å². The molecule has 0 N–H and O–H groups in total. The quantitative estimate of drug-likeness (QED) is 0.332. The van der Waals surface area contributed by atoms with Gasteiger partial charge in [0.2, 0.25) is 0 Å². The third-order valence-corrected chi connectivity index (χ3v) is 2.81. The second-order valence-corrected chi connectivity index (χ2v) is 5.81. The van der Waals surface area contributed by atoms with Crippen molar-refractivity contribution in [2.45, 2.75) is 45.4 Å². The van der Waals surface area contributed by atoms with Gasteiger partial charge < -0.3 is 19.1 Å². The topological polar surface area (TPSA) is 114 Å². The van der Waals surface area contributed by atoms with Gasteiger partial charge >= 0.3 is 12.1 Å². The second-order valence-electron chi connectivity index (χ2n) is 5.81. The smallest absolute Gasteiger partial charge is 0.410 e. The zero-order valence-corrected chi connectivity index (χ0v) is 13.3. The molecule has 22 heavy (non-hydrogen) atoms. The SMILES string of the molecule is CCOC(=O)CO[C@H]1CN(C(=O)OC(C)(C)C)C[C@@H]1N=[N+]=[N-]. The van der Waals surface area contributed by atoms with Gasteiger partial charge in [-0.1, -0.05) is 5.11 Å². The van der Waals surface area contributed by atoms with Crippen molar-refractivity contribution >= 4 is 12.1 Å². The maximum Gasteiger partial charge on any atom is 0.410 e. The molecule has 0 spiro atoms. The molecule has 0 aromatic carbocycles. The second kappa shape index (κ2) is 7.86. The van der Waals surface area contributed by atoms with Crippen molar-refractivity contribution in [3.8, 4) is 0 Å². The van der Waals surface area contributed by atoms with E-state index < -0.39 is 29.8 Å². The average molecular weight is 314 g/mol. The van der Waals surface area contributed by atoms with E-state index in [1.807, 2.05) is 0 Å². The third kappa shape index (κ3) is 5.79. The molecule has 0 bridgehead atoms. The minimum absolute atomic E-state index is 0.187. The zero-order chi connectivity index (χ0) is 16.8. The number of esters is 1. The van der Waals surface area contributed by atoms with Crippen LogP contribution in [-0.4, -0.2) is 61.0 Å². The Hall–Kier alpha value is -1.99. The predicted octanol–water partition coefficient (Wildman–Crippen LogP) is 1.86. The Morgan fingerprint density at radius 1 is 1.36 bits per heavy atom. The number of ether oxygens (including phenoxy) is 3. The fourth-order valence-electron chi connectivity index (χ4n) is 1.95. The molecule has 0 unspecified atom stereocenters. The fraction of sp³-hybridized carbons (Fsp3) is 0.846. The van der Waals surface area contributed by atoms with Crippen molar-refractivity contribution in [1.29, 1.82) is 0 Å². The maximum absolute atomic E-state index is 12.0. The number of carbonyl (C=O) groups excluding carboxylic acids is 2. The molecule has 2 atom stereocenters. The zero-order valence-electron chi connectivity index (χ0n) is 13.3. The number of rotatable bonds is 5. The summed E-state index contributed by atoms with van der Waals surface area (Å²) in [6.45, 7) is 7.38. The van der Waals surface area contributed by atoms with Crippen molar-refractivity contribution < 1.29 is 23.8 Å². The van der Waals surface area contributed by atoms with E-state index in [0.29, 0.717) is 0 Å². The number of amides is 1. The van der Waals surface area contributed by atoms with Gasteiger partial charge in [-0.05, 0) is 33.2 Å². The summed E-state index contributed by atoms with van der Waals surface area (Å²) in [5.74, 6) is -0.502. The lowest BCUT2D eigenvalue weighted by molar-refractivity contribution is -0.150. The number of carbonyl (C=O) groups is 2. The third-order valence-electron chi connectivity index (χ3n) is 2.81. The van der Waals surface area contributed by atoms with Crippen molar-refractivity contribution in [3.63, 3.8) is 0 Å². The van der Waals surface area contributed by atoms with Crippen LogP contribution in [0.3, 0.4) is 0 Å². The fourth-order valence-corrected chi connectivity index (χ4v) is 1.95. The molecule has 1 aliphatic heterocycles. The average Bonchev–Trinajstić information content (AvgIpc) is 2.79. The number of nitrogens with zero attached hydrogens (tertiary/aromatic N) is 4. The first-order valence-electron chi connectivity index (χ1n) is 7.06. The van der Waals surface area contributed by atoms with E-state index in [2.05, 4.69) is 10.0 Å². The predicted molar refractivity (Wildman–Crippen MR) is 77.1 cm³/mol. The van der Waals surface area contributed by atoms with Crippen molar-refractivity contribution in [2.75, 3.05) is 26.3 Å². The number of hydrogen-bond donors (Lipinski definition) is 0. The molecule has 0 aromatic heterocycles. The lowest BCUT2D eigenvalue weighted by Gasteiger charge is -2.24.